The highest BCUT2D eigenvalue weighted by Crippen LogP contribution is 2.13. The number of rotatable bonds is 1. The molecule has 0 aromatic carbocycles. The molecule has 1 aromatic rings. The number of aromatic amines is 1. The Kier molecular flexibility index (Phi) is 2.58. The highest BCUT2D eigenvalue weighted by atomic mass is 32.2. The minimum atomic E-state index is -3.37. The second-order valence-electron chi connectivity index (χ2n) is 3.22. The fourth-order valence-electron chi connectivity index (χ4n) is 1.27. The molecule has 1 heterocycles. The van der Waals surface area contributed by atoms with Crippen LogP contribution in [0.15, 0.2) is 11.1 Å². The van der Waals surface area contributed by atoms with E-state index in [9.17, 15) is 8.42 Å². The number of hydrogen-bond acceptors (Lipinski definition) is 3. The predicted octanol–water partition coefficient (Wildman–Crippen LogP) is 0.393. The largest absolute Gasteiger partial charge is 0.313 e. The lowest BCUT2D eigenvalue weighted by Crippen LogP contribution is -2.21. The summed E-state index contributed by atoms with van der Waals surface area (Å²) in [6, 6.07) is 3.63. The van der Waals surface area contributed by atoms with E-state index in [1.54, 1.807) is 19.9 Å². The minimum Gasteiger partial charge on any atom is -0.218 e. The van der Waals surface area contributed by atoms with Gasteiger partial charge in [0.1, 0.15) is 11.6 Å². The molecule has 0 spiro atoms. The van der Waals surface area contributed by atoms with Crippen LogP contribution in [-0.4, -0.2) is 14.7 Å². The molecule has 0 unspecified atom stereocenters. The van der Waals surface area contributed by atoms with Crippen molar-refractivity contribution in [3.8, 4) is 6.07 Å². The molecule has 0 atom stereocenters. The Hall–Kier alpha value is -1.41. The summed E-state index contributed by atoms with van der Waals surface area (Å²) in [6.07, 6.45) is 1.08. The standard InChI is InChI=1S/C9H10N2O2S/c1-6-4-7(2)11-9(8(6)5-10)14(3,12)13/h4H,1-3H3/p+1. The van der Waals surface area contributed by atoms with Crippen molar-refractivity contribution in [2.75, 3.05) is 6.26 Å². The first kappa shape index (κ1) is 10.7. The SMILES string of the molecule is Cc1cc(C)c(C#N)c(S(C)(=O)=O)[nH+]1. The summed E-state index contributed by atoms with van der Waals surface area (Å²) in [5.74, 6) is 0. The van der Waals surface area contributed by atoms with Crippen LogP contribution in [0.2, 0.25) is 0 Å². The normalized spacial score (nSPS) is 11.0. The highest BCUT2D eigenvalue weighted by molar-refractivity contribution is 7.90. The molecule has 74 valence electrons. The molecular weight excluding hydrogens is 200 g/mol. The van der Waals surface area contributed by atoms with Crippen LogP contribution in [0, 0.1) is 25.2 Å². The van der Waals surface area contributed by atoms with Crippen LogP contribution in [0.3, 0.4) is 0 Å². The van der Waals surface area contributed by atoms with Crippen molar-refractivity contribution in [2.24, 2.45) is 0 Å². The van der Waals surface area contributed by atoms with E-state index in [1.165, 1.54) is 0 Å². The van der Waals surface area contributed by atoms with Gasteiger partial charge in [-0.1, -0.05) is 0 Å². The number of pyridine rings is 1. The van der Waals surface area contributed by atoms with E-state index in [4.69, 9.17) is 5.26 Å². The maximum atomic E-state index is 11.3. The third kappa shape index (κ3) is 1.91. The van der Waals surface area contributed by atoms with Crippen molar-refractivity contribution >= 4 is 9.84 Å². The van der Waals surface area contributed by atoms with Gasteiger partial charge in [0, 0.05) is 19.2 Å². The summed E-state index contributed by atoms with van der Waals surface area (Å²) >= 11 is 0. The average Bonchev–Trinajstić information content (AvgIpc) is 2.01. The van der Waals surface area contributed by atoms with Gasteiger partial charge < -0.3 is 0 Å². The summed E-state index contributed by atoms with van der Waals surface area (Å²) in [5.41, 5.74) is 1.59. The summed E-state index contributed by atoms with van der Waals surface area (Å²) in [5, 5.41) is 8.82. The number of hydrogen-bond donors (Lipinski definition) is 0. The molecule has 0 fully saturated rings. The lowest BCUT2D eigenvalue weighted by molar-refractivity contribution is -0.437. The lowest BCUT2D eigenvalue weighted by Gasteiger charge is -1.99. The maximum absolute atomic E-state index is 11.3. The third-order valence-corrected chi connectivity index (χ3v) is 2.90. The molecule has 0 aliphatic carbocycles. The minimum absolute atomic E-state index is 0.00231. The van der Waals surface area contributed by atoms with Crippen LogP contribution >= 0.6 is 0 Å². The maximum Gasteiger partial charge on any atom is 0.313 e. The van der Waals surface area contributed by atoms with Crippen LogP contribution in [0.5, 0.6) is 0 Å². The van der Waals surface area contributed by atoms with Crippen LogP contribution in [0.4, 0.5) is 0 Å². The van der Waals surface area contributed by atoms with Gasteiger partial charge in [-0.2, -0.15) is 10.2 Å². The zero-order valence-corrected chi connectivity index (χ0v) is 9.07. The molecule has 0 aliphatic rings. The first-order chi connectivity index (χ1) is 6.36. The Morgan fingerprint density at radius 2 is 2.00 bits per heavy atom. The number of sulfone groups is 1. The van der Waals surface area contributed by atoms with E-state index in [1.807, 2.05) is 6.07 Å². The molecule has 14 heavy (non-hydrogen) atoms. The first-order valence-electron chi connectivity index (χ1n) is 4.00. The molecule has 0 bridgehead atoms. The van der Waals surface area contributed by atoms with Crippen LogP contribution in [-0.2, 0) is 9.84 Å². The Balaban J connectivity index is 3.68. The number of H-pyrrole nitrogens is 1. The van der Waals surface area contributed by atoms with Gasteiger partial charge >= 0.3 is 5.03 Å². The molecule has 0 radical (unpaired) electrons. The zero-order valence-electron chi connectivity index (χ0n) is 8.25. The Morgan fingerprint density at radius 3 is 2.43 bits per heavy atom. The predicted molar refractivity (Wildman–Crippen MR) is 50.3 cm³/mol. The second-order valence-corrected chi connectivity index (χ2v) is 5.18. The fourth-order valence-corrected chi connectivity index (χ4v) is 2.19. The van der Waals surface area contributed by atoms with Crippen molar-refractivity contribution in [3.63, 3.8) is 0 Å². The van der Waals surface area contributed by atoms with E-state index >= 15 is 0 Å². The van der Waals surface area contributed by atoms with E-state index in [0.29, 0.717) is 5.56 Å². The van der Waals surface area contributed by atoms with Gasteiger partial charge in [0.05, 0.1) is 0 Å². The molecular formula is C9H11N2O2S+. The average molecular weight is 211 g/mol. The topological polar surface area (TPSA) is 72.1 Å². The first-order valence-corrected chi connectivity index (χ1v) is 5.89. The lowest BCUT2D eigenvalue weighted by atomic mass is 10.1. The van der Waals surface area contributed by atoms with Crippen LogP contribution in [0.25, 0.3) is 0 Å². The van der Waals surface area contributed by atoms with Crippen molar-refractivity contribution < 1.29 is 13.4 Å². The smallest absolute Gasteiger partial charge is 0.218 e. The fraction of sp³-hybridized carbons (Fsp3) is 0.333. The highest BCUT2D eigenvalue weighted by Gasteiger charge is 2.23. The van der Waals surface area contributed by atoms with Gasteiger partial charge in [-0.25, -0.2) is 8.42 Å². The Bertz CT molecular complexity index is 512. The van der Waals surface area contributed by atoms with E-state index in [2.05, 4.69) is 4.98 Å². The molecule has 4 nitrogen and oxygen atoms in total. The number of nitrogens with one attached hydrogen (secondary N) is 1. The molecule has 5 heteroatoms. The third-order valence-electron chi connectivity index (χ3n) is 1.85. The van der Waals surface area contributed by atoms with Crippen LogP contribution in [0.1, 0.15) is 16.8 Å². The monoisotopic (exact) mass is 211 g/mol. The van der Waals surface area contributed by atoms with Crippen LogP contribution < -0.4 is 4.98 Å². The van der Waals surface area contributed by atoms with Gasteiger partial charge in [0.15, 0.2) is 5.69 Å². The Morgan fingerprint density at radius 1 is 1.43 bits per heavy atom. The van der Waals surface area contributed by atoms with Gasteiger partial charge in [-0.05, 0) is 12.5 Å². The van der Waals surface area contributed by atoms with Gasteiger partial charge in [0.25, 0.3) is 0 Å². The second kappa shape index (κ2) is 3.39. The molecule has 1 aromatic heterocycles. The zero-order chi connectivity index (χ0) is 10.9. The molecule has 0 saturated heterocycles. The number of aryl methyl sites for hydroxylation is 2. The quantitative estimate of drug-likeness (QED) is 0.674. The van der Waals surface area contributed by atoms with E-state index in [0.717, 1.165) is 11.9 Å². The molecule has 1 N–H and O–H groups in total. The van der Waals surface area contributed by atoms with Crippen molar-refractivity contribution in [3.05, 3.63) is 22.9 Å². The number of nitrogens with zero attached hydrogens (tertiary/aromatic N) is 1. The Labute approximate surface area is 83.1 Å². The number of aromatic nitrogens is 1. The van der Waals surface area contributed by atoms with E-state index in [-0.39, 0.29) is 10.6 Å². The molecule has 0 saturated carbocycles. The van der Waals surface area contributed by atoms with Crippen molar-refractivity contribution in [2.45, 2.75) is 18.9 Å². The number of nitriles is 1. The van der Waals surface area contributed by atoms with Crippen molar-refractivity contribution in [1.82, 2.24) is 0 Å². The van der Waals surface area contributed by atoms with Gasteiger partial charge in [-0.3, -0.25) is 0 Å². The van der Waals surface area contributed by atoms with Crippen molar-refractivity contribution in [1.29, 1.82) is 5.26 Å². The molecule has 1 rings (SSSR count). The van der Waals surface area contributed by atoms with Gasteiger partial charge in [0.2, 0.25) is 9.84 Å². The summed E-state index contributed by atoms with van der Waals surface area (Å²) in [4.78, 5) is 2.70. The molecule has 0 aliphatic heterocycles. The molecule has 0 amide bonds. The van der Waals surface area contributed by atoms with E-state index < -0.39 is 9.84 Å². The summed E-state index contributed by atoms with van der Waals surface area (Å²) in [6.45, 7) is 3.47. The summed E-state index contributed by atoms with van der Waals surface area (Å²) < 4.78 is 22.7. The summed E-state index contributed by atoms with van der Waals surface area (Å²) in [7, 11) is -3.37. The van der Waals surface area contributed by atoms with Gasteiger partial charge in [-0.15, -0.1) is 0 Å².